The average molecular weight is 429 g/mol. The van der Waals surface area contributed by atoms with Gasteiger partial charge in [-0.25, -0.2) is 8.42 Å². The van der Waals surface area contributed by atoms with Crippen molar-refractivity contribution in [3.05, 3.63) is 60.2 Å². The highest BCUT2D eigenvalue weighted by molar-refractivity contribution is 7.89. The molecule has 0 heterocycles. The lowest BCUT2D eigenvalue weighted by Gasteiger charge is -2.23. The zero-order chi connectivity index (χ0) is 22.3. The van der Waals surface area contributed by atoms with E-state index in [1.807, 2.05) is 6.07 Å². The van der Waals surface area contributed by atoms with Gasteiger partial charge >= 0.3 is 5.97 Å². The van der Waals surface area contributed by atoms with E-state index >= 15 is 0 Å². The number of carbonyl (C=O) groups excluding carboxylic acids is 2. The summed E-state index contributed by atoms with van der Waals surface area (Å²) in [5.74, 6) is -1.85. The number of hydrogen-bond donors (Lipinski definition) is 2. The lowest BCUT2D eigenvalue weighted by atomic mass is 10.1. The van der Waals surface area contributed by atoms with Crippen molar-refractivity contribution in [3.63, 3.8) is 0 Å². The van der Waals surface area contributed by atoms with E-state index in [-0.39, 0.29) is 4.90 Å². The third kappa shape index (κ3) is 6.14. The maximum Gasteiger partial charge on any atom is 0.325 e. The summed E-state index contributed by atoms with van der Waals surface area (Å²) in [6.45, 7) is 4.72. The molecule has 1 amide bonds. The maximum absolute atomic E-state index is 12.6. The van der Waals surface area contributed by atoms with Crippen LogP contribution in [-0.4, -0.2) is 32.4 Å². The van der Waals surface area contributed by atoms with E-state index in [0.29, 0.717) is 11.3 Å². The molecule has 0 fully saturated rings. The van der Waals surface area contributed by atoms with Crippen molar-refractivity contribution in [2.24, 2.45) is 5.92 Å². The largest absolute Gasteiger partial charge is 0.451 e. The fraction of sp³-hybridized carbons (Fsp3) is 0.286. The van der Waals surface area contributed by atoms with Crippen LogP contribution in [0.5, 0.6) is 0 Å². The van der Waals surface area contributed by atoms with Crippen LogP contribution in [0, 0.1) is 17.2 Å². The predicted molar refractivity (Wildman–Crippen MR) is 111 cm³/mol. The molecule has 0 saturated heterocycles. The zero-order valence-electron chi connectivity index (χ0n) is 16.8. The molecule has 30 heavy (non-hydrogen) atoms. The lowest BCUT2D eigenvalue weighted by molar-refractivity contribution is -0.155. The molecule has 9 heteroatoms. The number of anilines is 1. The maximum atomic E-state index is 12.6. The van der Waals surface area contributed by atoms with Gasteiger partial charge in [-0.3, -0.25) is 9.59 Å². The first kappa shape index (κ1) is 23.1. The first-order valence-corrected chi connectivity index (χ1v) is 10.7. The van der Waals surface area contributed by atoms with Crippen LogP contribution in [-0.2, 0) is 24.3 Å². The van der Waals surface area contributed by atoms with Crippen molar-refractivity contribution < 1.29 is 22.7 Å². The summed E-state index contributed by atoms with van der Waals surface area (Å²) in [6, 6.07) is 14.7. The lowest BCUT2D eigenvalue weighted by Crippen LogP contribution is -2.47. The van der Waals surface area contributed by atoms with Crippen LogP contribution in [0.15, 0.2) is 59.5 Å². The standard InChI is InChI=1S/C21H23N3O5S/c1-14(2)19(24-30(27,28)18-7-5-4-6-8-18)21(26)29-15(3)20(25)23-17-11-9-16(13-22)10-12-17/h4-12,14-15,19,24H,1-3H3,(H,23,25)/t15-,19-/m0/s1. The van der Waals surface area contributed by atoms with Gasteiger partial charge in [0.15, 0.2) is 6.10 Å². The second-order valence-corrected chi connectivity index (χ2v) is 8.63. The normalized spacial score (nSPS) is 13.2. The van der Waals surface area contributed by atoms with Gasteiger partial charge in [-0.1, -0.05) is 32.0 Å². The summed E-state index contributed by atoms with van der Waals surface area (Å²) in [7, 11) is -3.94. The molecular formula is C21H23N3O5S. The predicted octanol–water partition coefficient (Wildman–Crippen LogP) is 2.43. The molecule has 2 atom stereocenters. The molecule has 2 rings (SSSR count). The van der Waals surface area contributed by atoms with E-state index < -0.39 is 40.0 Å². The zero-order valence-corrected chi connectivity index (χ0v) is 17.6. The van der Waals surface area contributed by atoms with Gasteiger partial charge in [0.05, 0.1) is 16.5 Å². The van der Waals surface area contributed by atoms with Crippen LogP contribution in [0.4, 0.5) is 5.69 Å². The molecule has 0 aliphatic rings. The second-order valence-electron chi connectivity index (χ2n) is 6.91. The average Bonchev–Trinajstić information content (AvgIpc) is 2.72. The van der Waals surface area contributed by atoms with Gasteiger partial charge in [-0.2, -0.15) is 9.98 Å². The fourth-order valence-corrected chi connectivity index (χ4v) is 3.82. The number of sulfonamides is 1. The van der Waals surface area contributed by atoms with Crippen molar-refractivity contribution in [1.82, 2.24) is 4.72 Å². The first-order valence-electron chi connectivity index (χ1n) is 9.23. The second kappa shape index (κ2) is 10.0. The molecule has 2 aromatic carbocycles. The van der Waals surface area contributed by atoms with E-state index in [2.05, 4.69) is 10.0 Å². The summed E-state index contributed by atoms with van der Waals surface area (Å²) in [6.07, 6.45) is -1.16. The third-order valence-corrected chi connectivity index (χ3v) is 5.66. The van der Waals surface area contributed by atoms with Crippen LogP contribution in [0.25, 0.3) is 0 Å². The van der Waals surface area contributed by atoms with Gasteiger partial charge < -0.3 is 10.1 Å². The Morgan fingerprint density at radius 1 is 1.00 bits per heavy atom. The smallest absolute Gasteiger partial charge is 0.325 e. The number of carbonyl (C=O) groups is 2. The SMILES string of the molecule is CC(C)[C@H](NS(=O)(=O)c1ccccc1)C(=O)O[C@@H](C)C(=O)Nc1ccc(C#N)cc1. The van der Waals surface area contributed by atoms with E-state index in [0.717, 1.165) is 0 Å². The Bertz CT molecular complexity index is 1030. The van der Waals surface area contributed by atoms with Crippen molar-refractivity contribution in [1.29, 1.82) is 5.26 Å². The summed E-state index contributed by atoms with van der Waals surface area (Å²) in [5.41, 5.74) is 0.880. The Balaban J connectivity index is 2.04. The minimum Gasteiger partial charge on any atom is -0.451 e. The number of nitrogens with one attached hydrogen (secondary N) is 2. The highest BCUT2D eigenvalue weighted by Crippen LogP contribution is 2.14. The molecule has 0 bridgehead atoms. The van der Waals surface area contributed by atoms with Gasteiger partial charge in [0.1, 0.15) is 6.04 Å². The Kier molecular flexibility index (Phi) is 7.69. The number of benzene rings is 2. The number of hydrogen-bond acceptors (Lipinski definition) is 6. The molecular weight excluding hydrogens is 406 g/mol. The van der Waals surface area contributed by atoms with Crippen molar-refractivity contribution in [2.45, 2.75) is 37.8 Å². The van der Waals surface area contributed by atoms with Gasteiger partial charge in [0, 0.05) is 5.69 Å². The summed E-state index contributed by atoms with van der Waals surface area (Å²) in [5, 5.41) is 11.4. The highest BCUT2D eigenvalue weighted by Gasteiger charge is 2.31. The topological polar surface area (TPSA) is 125 Å². The fourth-order valence-electron chi connectivity index (χ4n) is 2.46. The molecule has 0 spiro atoms. The molecule has 8 nitrogen and oxygen atoms in total. The third-order valence-electron chi connectivity index (χ3n) is 4.20. The summed E-state index contributed by atoms with van der Waals surface area (Å²) < 4.78 is 32.6. The van der Waals surface area contributed by atoms with Gasteiger partial charge in [0.2, 0.25) is 10.0 Å². The molecule has 0 unspecified atom stereocenters. The minimum atomic E-state index is -3.94. The summed E-state index contributed by atoms with van der Waals surface area (Å²) >= 11 is 0. The number of nitriles is 1. The van der Waals surface area contributed by atoms with Crippen molar-refractivity contribution in [3.8, 4) is 6.07 Å². The van der Waals surface area contributed by atoms with Crippen LogP contribution in [0.3, 0.4) is 0 Å². The molecule has 0 aromatic heterocycles. The Morgan fingerprint density at radius 3 is 2.13 bits per heavy atom. The van der Waals surface area contributed by atoms with Gasteiger partial charge in [-0.05, 0) is 49.2 Å². The summed E-state index contributed by atoms with van der Waals surface area (Å²) in [4.78, 5) is 24.9. The molecule has 2 N–H and O–H groups in total. The van der Waals surface area contributed by atoms with E-state index in [4.69, 9.17) is 10.00 Å². The highest BCUT2D eigenvalue weighted by atomic mass is 32.2. The molecule has 158 valence electrons. The van der Waals surface area contributed by atoms with Crippen LogP contribution < -0.4 is 10.0 Å². The molecule has 0 aliphatic carbocycles. The van der Waals surface area contributed by atoms with E-state index in [1.165, 1.54) is 19.1 Å². The number of esters is 1. The van der Waals surface area contributed by atoms with Crippen molar-refractivity contribution >= 4 is 27.6 Å². The monoisotopic (exact) mass is 429 g/mol. The Hall–Kier alpha value is -3.22. The number of ether oxygens (including phenoxy) is 1. The van der Waals surface area contributed by atoms with E-state index in [9.17, 15) is 18.0 Å². The van der Waals surface area contributed by atoms with Crippen LogP contribution >= 0.6 is 0 Å². The van der Waals surface area contributed by atoms with Crippen LogP contribution in [0.1, 0.15) is 26.3 Å². The quantitative estimate of drug-likeness (QED) is 0.621. The van der Waals surface area contributed by atoms with Gasteiger partial charge in [-0.15, -0.1) is 0 Å². The molecule has 0 aliphatic heterocycles. The number of amides is 1. The Morgan fingerprint density at radius 2 is 1.60 bits per heavy atom. The Labute approximate surface area is 175 Å². The van der Waals surface area contributed by atoms with Crippen molar-refractivity contribution in [2.75, 3.05) is 5.32 Å². The molecule has 0 radical (unpaired) electrons. The van der Waals surface area contributed by atoms with Crippen LogP contribution in [0.2, 0.25) is 0 Å². The minimum absolute atomic E-state index is 0.0232. The molecule has 0 saturated carbocycles. The number of rotatable bonds is 8. The van der Waals surface area contributed by atoms with Gasteiger partial charge in [0.25, 0.3) is 5.91 Å². The first-order chi connectivity index (χ1) is 14.1. The number of nitrogens with zero attached hydrogens (tertiary/aromatic N) is 1. The molecule has 2 aromatic rings. The van der Waals surface area contributed by atoms with E-state index in [1.54, 1.807) is 56.3 Å².